The SMILES string of the molecule is CCOCCN(CC)c1ccc(C)cc1.O=CON1C(=O)CCC1=O. The fraction of sp³-hybridized carbons (Fsp3) is 0.500. The van der Waals surface area contributed by atoms with Crippen LogP contribution in [0.1, 0.15) is 32.3 Å². The fourth-order valence-corrected chi connectivity index (χ4v) is 2.26. The molecule has 0 aromatic heterocycles. The minimum atomic E-state index is -0.461. The van der Waals surface area contributed by atoms with E-state index in [9.17, 15) is 14.4 Å². The van der Waals surface area contributed by atoms with Crippen molar-refractivity contribution >= 4 is 24.0 Å². The summed E-state index contributed by atoms with van der Waals surface area (Å²) in [7, 11) is 0. The second-order valence-corrected chi connectivity index (χ2v) is 5.40. The Balaban J connectivity index is 0.000000271. The topological polar surface area (TPSA) is 76.2 Å². The molecular formula is C18H26N2O5. The first-order valence-electron chi connectivity index (χ1n) is 8.39. The van der Waals surface area contributed by atoms with Gasteiger partial charge in [0.25, 0.3) is 11.8 Å². The summed E-state index contributed by atoms with van der Waals surface area (Å²) in [5, 5.41) is 0.479. The Hall–Kier alpha value is -2.41. The number of rotatable bonds is 8. The molecule has 0 radical (unpaired) electrons. The average Bonchev–Trinajstić information content (AvgIpc) is 2.93. The number of likely N-dealkylation sites (N-methyl/N-ethyl adjacent to an activating group) is 1. The standard InChI is InChI=1S/C13H21NO.C5H5NO4/c1-4-14(10-11-15-5-2)13-8-6-12(3)7-9-13;7-3-10-6-4(8)1-2-5(6)9/h6-9H,4-5,10-11H2,1-3H3;3H,1-2H2. The molecule has 1 saturated heterocycles. The van der Waals surface area contributed by atoms with E-state index in [1.54, 1.807) is 0 Å². The summed E-state index contributed by atoms with van der Waals surface area (Å²) in [4.78, 5) is 37.3. The lowest BCUT2D eigenvalue weighted by molar-refractivity contribution is -0.188. The molecular weight excluding hydrogens is 324 g/mol. The van der Waals surface area contributed by atoms with E-state index in [4.69, 9.17) is 4.74 Å². The molecule has 1 heterocycles. The lowest BCUT2D eigenvalue weighted by atomic mass is 10.2. The lowest BCUT2D eigenvalue weighted by Gasteiger charge is -2.23. The van der Waals surface area contributed by atoms with Gasteiger partial charge in [-0.05, 0) is 32.9 Å². The molecule has 0 bridgehead atoms. The van der Waals surface area contributed by atoms with Gasteiger partial charge in [-0.15, -0.1) is 5.06 Å². The third kappa shape index (κ3) is 6.93. The number of amides is 2. The number of imide groups is 1. The van der Waals surface area contributed by atoms with Crippen LogP contribution < -0.4 is 4.90 Å². The molecule has 1 aromatic rings. The number of carbonyl (C=O) groups excluding carboxylic acids is 3. The predicted octanol–water partition coefficient (Wildman–Crippen LogP) is 2.08. The van der Waals surface area contributed by atoms with Crippen molar-refractivity contribution in [2.75, 3.05) is 31.2 Å². The number of benzene rings is 1. The highest BCUT2D eigenvalue weighted by molar-refractivity contribution is 6.01. The van der Waals surface area contributed by atoms with E-state index >= 15 is 0 Å². The third-order valence-corrected chi connectivity index (χ3v) is 3.64. The molecule has 1 aliphatic heterocycles. The third-order valence-electron chi connectivity index (χ3n) is 3.64. The molecule has 0 N–H and O–H groups in total. The summed E-state index contributed by atoms with van der Waals surface area (Å²) < 4.78 is 5.37. The van der Waals surface area contributed by atoms with Gasteiger partial charge in [0.1, 0.15) is 0 Å². The van der Waals surface area contributed by atoms with Crippen molar-refractivity contribution in [3.8, 4) is 0 Å². The van der Waals surface area contributed by atoms with Crippen LogP contribution in [0.5, 0.6) is 0 Å². The highest BCUT2D eigenvalue weighted by Gasteiger charge is 2.30. The number of hydrogen-bond acceptors (Lipinski definition) is 6. The van der Waals surface area contributed by atoms with Crippen molar-refractivity contribution in [1.29, 1.82) is 0 Å². The van der Waals surface area contributed by atoms with Gasteiger partial charge in [-0.1, -0.05) is 17.7 Å². The summed E-state index contributed by atoms with van der Waals surface area (Å²) >= 11 is 0. The molecule has 0 saturated carbocycles. The van der Waals surface area contributed by atoms with Crippen LogP contribution >= 0.6 is 0 Å². The minimum Gasteiger partial charge on any atom is -0.380 e. The normalized spacial score (nSPS) is 13.3. The van der Waals surface area contributed by atoms with Crippen LogP contribution in [-0.2, 0) is 24.0 Å². The molecule has 2 amide bonds. The fourth-order valence-electron chi connectivity index (χ4n) is 2.26. The second-order valence-electron chi connectivity index (χ2n) is 5.40. The van der Waals surface area contributed by atoms with Crippen LogP contribution in [0.4, 0.5) is 5.69 Å². The first-order chi connectivity index (χ1) is 12.0. The van der Waals surface area contributed by atoms with Crippen LogP contribution in [0.3, 0.4) is 0 Å². The van der Waals surface area contributed by atoms with E-state index in [-0.39, 0.29) is 19.3 Å². The number of hydrogen-bond donors (Lipinski definition) is 0. The quantitative estimate of drug-likeness (QED) is 0.406. The maximum absolute atomic E-state index is 10.6. The molecule has 0 atom stereocenters. The van der Waals surface area contributed by atoms with Gasteiger partial charge in [-0.3, -0.25) is 14.4 Å². The van der Waals surface area contributed by atoms with Gasteiger partial charge in [0.05, 0.1) is 6.61 Å². The van der Waals surface area contributed by atoms with Gasteiger partial charge in [0.2, 0.25) is 0 Å². The molecule has 1 fully saturated rings. The van der Waals surface area contributed by atoms with Crippen molar-refractivity contribution in [3.63, 3.8) is 0 Å². The van der Waals surface area contributed by atoms with Crippen molar-refractivity contribution in [2.24, 2.45) is 0 Å². The van der Waals surface area contributed by atoms with Crippen LogP contribution in [0.25, 0.3) is 0 Å². The van der Waals surface area contributed by atoms with E-state index in [0.717, 1.165) is 26.3 Å². The van der Waals surface area contributed by atoms with Crippen LogP contribution in [-0.4, -0.2) is 49.7 Å². The molecule has 138 valence electrons. The molecule has 0 aliphatic carbocycles. The van der Waals surface area contributed by atoms with Gasteiger partial charge in [0, 0.05) is 38.2 Å². The molecule has 1 aromatic carbocycles. The van der Waals surface area contributed by atoms with Crippen molar-refractivity contribution in [2.45, 2.75) is 33.6 Å². The van der Waals surface area contributed by atoms with Crippen LogP contribution in [0.15, 0.2) is 24.3 Å². The Labute approximate surface area is 148 Å². The predicted molar refractivity (Wildman–Crippen MR) is 93.8 cm³/mol. The Morgan fingerprint density at radius 2 is 1.72 bits per heavy atom. The van der Waals surface area contributed by atoms with E-state index in [1.165, 1.54) is 11.3 Å². The molecule has 7 nitrogen and oxygen atoms in total. The molecule has 0 unspecified atom stereocenters. The lowest BCUT2D eigenvalue weighted by Crippen LogP contribution is -2.28. The molecule has 25 heavy (non-hydrogen) atoms. The van der Waals surface area contributed by atoms with E-state index in [0.29, 0.717) is 5.06 Å². The molecule has 1 aliphatic rings. The van der Waals surface area contributed by atoms with Crippen LogP contribution in [0.2, 0.25) is 0 Å². The Kier molecular flexibility index (Phi) is 9.24. The number of nitrogens with zero attached hydrogens (tertiary/aromatic N) is 2. The summed E-state index contributed by atoms with van der Waals surface area (Å²) in [5.74, 6) is -0.922. The van der Waals surface area contributed by atoms with Crippen molar-refractivity contribution < 1.29 is 24.0 Å². The number of aryl methyl sites for hydroxylation is 1. The maximum Gasteiger partial charge on any atom is 0.321 e. The van der Waals surface area contributed by atoms with Crippen molar-refractivity contribution in [3.05, 3.63) is 29.8 Å². The monoisotopic (exact) mass is 350 g/mol. The van der Waals surface area contributed by atoms with E-state index in [2.05, 4.69) is 47.9 Å². The zero-order valence-electron chi connectivity index (χ0n) is 15.1. The first-order valence-corrected chi connectivity index (χ1v) is 8.39. The van der Waals surface area contributed by atoms with Gasteiger partial charge in [-0.2, -0.15) is 0 Å². The molecule has 2 rings (SSSR count). The Morgan fingerprint density at radius 1 is 1.12 bits per heavy atom. The zero-order chi connectivity index (χ0) is 18.7. The van der Waals surface area contributed by atoms with Gasteiger partial charge in [0.15, 0.2) is 0 Å². The first kappa shape index (κ1) is 20.6. The highest BCUT2D eigenvalue weighted by Crippen LogP contribution is 2.14. The smallest absolute Gasteiger partial charge is 0.321 e. The average molecular weight is 350 g/mol. The minimum absolute atomic E-state index is 0.0567. The number of anilines is 1. The molecule has 7 heteroatoms. The maximum atomic E-state index is 10.6. The van der Waals surface area contributed by atoms with E-state index in [1.807, 2.05) is 6.92 Å². The van der Waals surface area contributed by atoms with Crippen molar-refractivity contribution in [1.82, 2.24) is 5.06 Å². The summed E-state index contributed by atoms with van der Waals surface area (Å²) in [6.45, 7) is 9.96. The number of carbonyl (C=O) groups is 3. The van der Waals surface area contributed by atoms with Gasteiger partial charge < -0.3 is 14.5 Å². The highest BCUT2D eigenvalue weighted by atomic mass is 16.7. The summed E-state index contributed by atoms with van der Waals surface area (Å²) in [6.07, 6.45) is 0.263. The molecule has 0 spiro atoms. The number of ether oxygens (including phenoxy) is 1. The van der Waals surface area contributed by atoms with Gasteiger partial charge >= 0.3 is 6.47 Å². The second kappa shape index (κ2) is 11.2. The summed E-state index contributed by atoms with van der Waals surface area (Å²) in [6, 6.07) is 8.65. The summed E-state index contributed by atoms with van der Waals surface area (Å²) in [5.41, 5.74) is 2.59. The van der Waals surface area contributed by atoms with E-state index < -0.39 is 11.8 Å². The number of hydroxylamine groups is 2. The van der Waals surface area contributed by atoms with Gasteiger partial charge in [-0.25, -0.2) is 0 Å². The zero-order valence-corrected chi connectivity index (χ0v) is 15.1. The largest absolute Gasteiger partial charge is 0.380 e. The Morgan fingerprint density at radius 3 is 2.20 bits per heavy atom. The Bertz CT molecular complexity index is 543. The van der Waals surface area contributed by atoms with Crippen LogP contribution in [0, 0.1) is 6.92 Å².